The van der Waals surface area contributed by atoms with Crippen molar-refractivity contribution in [3.8, 4) is 0 Å². The summed E-state index contributed by atoms with van der Waals surface area (Å²) in [5.41, 5.74) is 0.727. The minimum atomic E-state index is -4.36. The zero-order valence-corrected chi connectivity index (χ0v) is 11.5. The summed E-state index contributed by atoms with van der Waals surface area (Å²) in [7, 11) is 0. The first kappa shape index (κ1) is 14.1. The van der Waals surface area contributed by atoms with Gasteiger partial charge in [0.25, 0.3) is 0 Å². The fraction of sp³-hybridized carbons (Fsp3) is 0.429. The molecule has 0 bridgehead atoms. The van der Waals surface area contributed by atoms with Crippen molar-refractivity contribution in [2.75, 3.05) is 31.1 Å². The van der Waals surface area contributed by atoms with Gasteiger partial charge in [0.15, 0.2) is 5.82 Å². The highest BCUT2D eigenvalue weighted by atomic mass is 19.4. The van der Waals surface area contributed by atoms with E-state index >= 15 is 0 Å². The van der Waals surface area contributed by atoms with Crippen molar-refractivity contribution >= 4 is 16.9 Å². The Kier molecular flexibility index (Phi) is 3.44. The Labute approximate surface area is 120 Å². The van der Waals surface area contributed by atoms with Crippen LogP contribution >= 0.6 is 0 Å². The second-order valence-corrected chi connectivity index (χ2v) is 5.07. The first-order chi connectivity index (χ1) is 9.95. The molecule has 1 saturated heterocycles. The van der Waals surface area contributed by atoms with Gasteiger partial charge in [0.2, 0.25) is 0 Å². The normalized spacial score (nSPS) is 16.5. The van der Waals surface area contributed by atoms with E-state index in [0.717, 1.165) is 44.1 Å². The molecule has 4 nitrogen and oxygen atoms in total. The Bertz CT molecular complexity index is 663. The average Bonchev–Trinajstić information content (AvgIpc) is 2.46. The second kappa shape index (κ2) is 5.14. The van der Waals surface area contributed by atoms with E-state index in [0.29, 0.717) is 11.2 Å². The molecule has 2 heterocycles. The number of alkyl halides is 3. The van der Waals surface area contributed by atoms with E-state index in [1.165, 1.54) is 6.07 Å². The molecule has 21 heavy (non-hydrogen) atoms. The van der Waals surface area contributed by atoms with Gasteiger partial charge in [0.1, 0.15) is 0 Å². The van der Waals surface area contributed by atoms with E-state index in [-0.39, 0.29) is 5.52 Å². The van der Waals surface area contributed by atoms with Crippen LogP contribution in [0.5, 0.6) is 0 Å². The molecular weight excluding hydrogens is 281 g/mol. The quantitative estimate of drug-likeness (QED) is 0.877. The molecule has 0 atom stereocenters. The van der Waals surface area contributed by atoms with Gasteiger partial charge in [-0.3, -0.25) is 0 Å². The third-order valence-electron chi connectivity index (χ3n) is 3.56. The molecule has 112 valence electrons. The number of fused-ring (bicyclic) bond motifs is 1. The lowest BCUT2D eigenvalue weighted by molar-refractivity contribution is -0.137. The lowest BCUT2D eigenvalue weighted by atomic mass is 10.2. The Balaban J connectivity index is 2.04. The van der Waals surface area contributed by atoms with Crippen LogP contribution in [-0.2, 0) is 6.18 Å². The van der Waals surface area contributed by atoms with E-state index in [1.54, 1.807) is 6.92 Å². The van der Waals surface area contributed by atoms with Gasteiger partial charge in [-0.15, -0.1) is 0 Å². The van der Waals surface area contributed by atoms with Crippen LogP contribution in [0.3, 0.4) is 0 Å². The van der Waals surface area contributed by atoms with Gasteiger partial charge in [-0.1, -0.05) is 0 Å². The van der Waals surface area contributed by atoms with Gasteiger partial charge >= 0.3 is 6.18 Å². The molecule has 0 radical (unpaired) electrons. The molecule has 0 unspecified atom stereocenters. The van der Waals surface area contributed by atoms with Crippen molar-refractivity contribution in [2.45, 2.75) is 13.1 Å². The fourth-order valence-electron chi connectivity index (χ4n) is 2.49. The molecule has 2 aromatic rings. The van der Waals surface area contributed by atoms with Crippen LogP contribution in [0.4, 0.5) is 19.0 Å². The Morgan fingerprint density at radius 2 is 1.81 bits per heavy atom. The van der Waals surface area contributed by atoms with Gasteiger partial charge in [-0.2, -0.15) is 13.2 Å². The predicted octanol–water partition coefficient (Wildman–Crippen LogP) is 2.37. The molecule has 1 aromatic heterocycles. The lowest BCUT2D eigenvalue weighted by Crippen LogP contribution is -2.44. The largest absolute Gasteiger partial charge is 0.416 e. The molecule has 3 rings (SSSR count). The van der Waals surface area contributed by atoms with Crippen molar-refractivity contribution in [3.05, 3.63) is 29.5 Å². The predicted molar refractivity (Wildman–Crippen MR) is 74.4 cm³/mol. The van der Waals surface area contributed by atoms with E-state index in [9.17, 15) is 13.2 Å². The van der Waals surface area contributed by atoms with E-state index < -0.39 is 11.7 Å². The Morgan fingerprint density at radius 1 is 1.10 bits per heavy atom. The van der Waals surface area contributed by atoms with Gasteiger partial charge in [-0.25, -0.2) is 9.97 Å². The fourth-order valence-corrected chi connectivity index (χ4v) is 2.49. The van der Waals surface area contributed by atoms with Crippen LogP contribution in [0, 0.1) is 6.92 Å². The number of anilines is 1. The third-order valence-corrected chi connectivity index (χ3v) is 3.56. The molecule has 0 aliphatic carbocycles. The third kappa shape index (κ3) is 2.78. The van der Waals surface area contributed by atoms with Crippen LogP contribution in [0.1, 0.15) is 11.3 Å². The van der Waals surface area contributed by atoms with Crippen LogP contribution in [0.15, 0.2) is 18.2 Å². The summed E-state index contributed by atoms with van der Waals surface area (Å²) < 4.78 is 38.2. The SMILES string of the molecule is Cc1nc2cc(C(F)(F)F)ccc2nc1N1CCNCC1. The molecule has 7 heteroatoms. The summed E-state index contributed by atoms with van der Waals surface area (Å²) in [6.45, 7) is 5.16. The summed E-state index contributed by atoms with van der Waals surface area (Å²) in [5.74, 6) is 0.753. The van der Waals surface area contributed by atoms with E-state index in [2.05, 4.69) is 20.2 Å². The number of hydrogen-bond acceptors (Lipinski definition) is 4. The van der Waals surface area contributed by atoms with Crippen LogP contribution in [0.25, 0.3) is 11.0 Å². The van der Waals surface area contributed by atoms with Crippen molar-refractivity contribution in [3.63, 3.8) is 0 Å². The van der Waals surface area contributed by atoms with Crippen LogP contribution < -0.4 is 10.2 Å². The number of aromatic nitrogens is 2. The summed E-state index contributed by atoms with van der Waals surface area (Å²) in [4.78, 5) is 10.9. The molecular formula is C14H15F3N4. The smallest absolute Gasteiger partial charge is 0.353 e. The second-order valence-electron chi connectivity index (χ2n) is 5.07. The number of halogens is 3. The summed E-state index contributed by atoms with van der Waals surface area (Å²) in [6.07, 6.45) is -4.36. The number of aryl methyl sites for hydroxylation is 1. The lowest BCUT2D eigenvalue weighted by Gasteiger charge is -2.29. The molecule has 0 spiro atoms. The standard InChI is InChI=1S/C14H15F3N4/c1-9-13(21-6-4-18-5-7-21)20-11-3-2-10(14(15,16)17)8-12(11)19-9/h2-3,8,18H,4-7H2,1H3. The van der Waals surface area contributed by atoms with E-state index in [1.807, 2.05) is 0 Å². The zero-order chi connectivity index (χ0) is 15.0. The maximum absolute atomic E-state index is 12.7. The van der Waals surface area contributed by atoms with Gasteiger partial charge in [0, 0.05) is 26.2 Å². The average molecular weight is 296 g/mol. The summed E-state index contributed by atoms with van der Waals surface area (Å²) in [6, 6.07) is 3.49. The highest BCUT2D eigenvalue weighted by Crippen LogP contribution is 2.31. The molecule has 1 aliphatic heterocycles. The van der Waals surface area contributed by atoms with Crippen LogP contribution in [0.2, 0.25) is 0 Å². The molecule has 1 aromatic carbocycles. The van der Waals surface area contributed by atoms with Crippen molar-refractivity contribution in [1.29, 1.82) is 0 Å². The minimum Gasteiger partial charge on any atom is -0.353 e. The Morgan fingerprint density at radius 3 is 2.48 bits per heavy atom. The van der Waals surface area contributed by atoms with E-state index in [4.69, 9.17) is 0 Å². The van der Waals surface area contributed by atoms with Gasteiger partial charge in [-0.05, 0) is 25.1 Å². The first-order valence-corrected chi connectivity index (χ1v) is 6.76. The molecule has 1 N–H and O–H groups in total. The maximum atomic E-state index is 12.7. The highest BCUT2D eigenvalue weighted by Gasteiger charge is 2.30. The number of benzene rings is 1. The maximum Gasteiger partial charge on any atom is 0.416 e. The number of nitrogens with one attached hydrogen (secondary N) is 1. The summed E-state index contributed by atoms with van der Waals surface area (Å²) in [5, 5.41) is 3.25. The molecule has 0 saturated carbocycles. The Hall–Kier alpha value is -1.89. The van der Waals surface area contributed by atoms with Crippen molar-refractivity contribution in [2.24, 2.45) is 0 Å². The molecule has 1 aliphatic rings. The van der Waals surface area contributed by atoms with Gasteiger partial charge < -0.3 is 10.2 Å². The highest BCUT2D eigenvalue weighted by molar-refractivity contribution is 5.77. The zero-order valence-electron chi connectivity index (χ0n) is 11.5. The van der Waals surface area contributed by atoms with Crippen molar-refractivity contribution in [1.82, 2.24) is 15.3 Å². The van der Waals surface area contributed by atoms with Gasteiger partial charge in [0.05, 0.1) is 22.3 Å². The number of hydrogen-bond donors (Lipinski definition) is 1. The monoisotopic (exact) mass is 296 g/mol. The number of rotatable bonds is 1. The molecule has 1 fully saturated rings. The minimum absolute atomic E-state index is 0.279. The molecule has 0 amide bonds. The van der Waals surface area contributed by atoms with Crippen LogP contribution in [-0.4, -0.2) is 36.1 Å². The first-order valence-electron chi connectivity index (χ1n) is 6.76. The summed E-state index contributed by atoms with van der Waals surface area (Å²) >= 11 is 0. The topological polar surface area (TPSA) is 41.1 Å². The van der Waals surface area contributed by atoms with Crippen molar-refractivity contribution < 1.29 is 13.2 Å². The number of piperazine rings is 1. The number of nitrogens with zero attached hydrogens (tertiary/aromatic N) is 3.